The molecule has 0 fully saturated rings. The third kappa shape index (κ3) is 1.63. The molecule has 0 amide bonds. The standard InChI is InChI=1S/C12H10ClN3OS/c1-17-10-3-2-7(13)4-8(10)9-6-18-11-5-15-12(14)16(9)11/h2-6H,1H3,(H2,14,15). The van der Waals surface area contributed by atoms with Crippen LogP contribution in [-0.2, 0) is 0 Å². The summed E-state index contributed by atoms with van der Waals surface area (Å²) in [5.74, 6) is 1.22. The lowest BCUT2D eigenvalue weighted by Crippen LogP contribution is -1.96. The Bertz CT molecular complexity index is 719. The van der Waals surface area contributed by atoms with Gasteiger partial charge in [-0.05, 0) is 18.2 Å². The molecule has 0 saturated heterocycles. The predicted molar refractivity (Wildman–Crippen MR) is 74.5 cm³/mol. The largest absolute Gasteiger partial charge is 0.496 e. The van der Waals surface area contributed by atoms with E-state index in [4.69, 9.17) is 22.1 Å². The zero-order valence-corrected chi connectivity index (χ0v) is 11.1. The van der Waals surface area contributed by atoms with Gasteiger partial charge in [-0.3, -0.25) is 4.40 Å². The summed E-state index contributed by atoms with van der Waals surface area (Å²) in [6, 6.07) is 5.50. The number of methoxy groups -OCH3 is 1. The zero-order valence-electron chi connectivity index (χ0n) is 9.55. The van der Waals surface area contributed by atoms with Crippen molar-refractivity contribution in [3.05, 3.63) is 34.8 Å². The number of rotatable bonds is 2. The number of fused-ring (bicyclic) bond motifs is 1. The first-order valence-electron chi connectivity index (χ1n) is 5.25. The molecule has 0 atom stereocenters. The van der Waals surface area contributed by atoms with Crippen molar-refractivity contribution in [1.82, 2.24) is 9.38 Å². The molecule has 0 aliphatic heterocycles. The number of halogens is 1. The van der Waals surface area contributed by atoms with Gasteiger partial charge in [-0.25, -0.2) is 4.98 Å². The Labute approximate surface area is 113 Å². The van der Waals surface area contributed by atoms with Gasteiger partial charge in [-0.2, -0.15) is 0 Å². The molecule has 0 saturated carbocycles. The number of imidazole rings is 1. The molecule has 0 aliphatic carbocycles. The van der Waals surface area contributed by atoms with Crippen LogP contribution in [0.1, 0.15) is 0 Å². The molecule has 0 bridgehead atoms. The van der Waals surface area contributed by atoms with Crippen LogP contribution in [0.25, 0.3) is 16.1 Å². The van der Waals surface area contributed by atoms with Crippen molar-refractivity contribution in [2.75, 3.05) is 12.8 Å². The number of nitrogens with zero attached hydrogens (tertiary/aromatic N) is 2. The smallest absolute Gasteiger partial charge is 0.206 e. The molecule has 0 unspecified atom stereocenters. The van der Waals surface area contributed by atoms with Gasteiger partial charge in [0.25, 0.3) is 0 Å². The van der Waals surface area contributed by atoms with E-state index >= 15 is 0 Å². The van der Waals surface area contributed by atoms with E-state index in [1.54, 1.807) is 30.7 Å². The number of hydrogen-bond acceptors (Lipinski definition) is 4. The lowest BCUT2D eigenvalue weighted by atomic mass is 10.1. The fraction of sp³-hybridized carbons (Fsp3) is 0.0833. The van der Waals surface area contributed by atoms with Crippen LogP contribution in [0.15, 0.2) is 29.8 Å². The van der Waals surface area contributed by atoms with Gasteiger partial charge in [0.15, 0.2) is 0 Å². The Morgan fingerprint density at radius 3 is 3.06 bits per heavy atom. The van der Waals surface area contributed by atoms with Gasteiger partial charge < -0.3 is 10.5 Å². The van der Waals surface area contributed by atoms with E-state index < -0.39 is 0 Å². The van der Waals surface area contributed by atoms with E-state index in [0.29, 0.717) is 11.0 Å². The molecule has 1 aromatic carbocycles. The molecule has 92 valence electrons. The number of thiazole rings is 1. The Morgan fingerprint density at radius 1 is 1.44 bits per heavy atom. The first-order valence-corrected chi connectivity index (χ1v) is 6.51. The minimum absolute atomic E-state index is 0.461. The molecule has 2 N–H and O–H groups in total. The lowest BCUT2D eigenvalue weighted by molar-refractivity contribution is 0.416. The van der Waals surface area contributed by atoms with Crippen LogP contribution in [0.2, 0.25) is 5.02 Å². The summed E-state index contributed by atoms with van der Waals surface area (Å²) >= 11 is 7.62. The average Bonchev–Trinajstić information content (AvgIpc) is 2.93. The fourth-order valence-electron chi connectivity index (χ4n) is 1.91. The van der Waals surface area contributed by atoms with Crippen LogP contribution in [-0.4, -0.2) is 16.5 Å². The van der Waals surface area contributed by atoms with Crippen molar-refractivity contribution in [1.29, 1.82) is 0 Å². The number of benzene rings is 1. The fourth-order valence-corrected chi connectivity index (χ4v) is 2.96. The highest BCUT2D eigenvalue weighted by Gasteiger charge is 2.14. The maximum absolute atomic E-state index is 6.05. The van der Waals surface area contributed by atoms with Crippen molar-refractivity contribution in [2.45, 2.75) is 0 Å². The minimum atomic E-state index is 0.461. The monoisotopic (exact) mass is 279 g/mol. The SMILES string of the molecule is COc1ccc(Cl)cc1-c1csc2cnc(N)n12. The highest BCUT2D eigenvalue weighted by molar-refractivity contribution is 7.16. The van der Waals surface area contributed by atoms with Crippen LogP contribution < -0.4 is 10.5 Å². The summed E-state index contributed by atoms with van der Waals surface area (Å²) in [7, 11) is 1.63. The van der Waals surface area contributed by atoms with Crippen molar-refractivity contribution in [2.24, 2.45) is 0 Å². The molecule has 6 heteroatoms. The second kappa shape index (κ2) is 4.19. The molecule has 4 nitrogen and oxygen atoms in total. The molecule has 2 aromatic heterocycles. The van der Waals surface area contributed by atoms with E-state index in [9.17, 15) is 0 Å². The van der Waals surface area contributed by atoms with Gasteiger partial charge in [-0.15, -0.1) is 11.3 Å². The Hall–Kier alpha value is -1.72. The zero-order chi connectivity index (χ0) is 12.7. The second-order valence-corrected chi connectivity index (χ2v) is 5.08. The van der Waals surface area contributed by atoms with E-state index in [-0.39, 0.29) is 0 Å². The highest BCUT2D eigenvalue weighted by Crippen LogP contribution is 2.36. The molecular formula is C12H10ClN3OS. The van der Waals surface area contributed by atoms with Gasteiger partial charge in [0.05, 0.1) is 19.0 Å². The quantitative estimate of drug-likeness (QED) is 0.783. The van der Waals surface area contributed by atoms with Crippen molar-refractivity contribution in [3.63, 3.8) is 0 Å². The summed E-state index contributed by atoms with van der Waals surface area (Å²) in [6.07, 6.45) is 1.75. The van der Waals surface area contributed by atoms with E-state index in [2.05, 4.69) is 4.98 Å². The molecule has 2 heterocycles. The van der Waals surface area contributed by atoms with Gasteiger partial charge in [0.1, 0.15) is 10.6 Å². The first kappa shape index (κ1) is 11.4. The lowest BCUT2D eigenvalue weighted by Gasteiger charge is -2.08. The van der Waals surface area contributed by atoms with E-state index in [1.807, 2.05) is 21.9 Å². The van der Waals surface area contributed by atoms with Crippen LogP contribution >= 0.6 is 22.9 Å². The summed E-state index contributed by atoms with van der Waals surface area (Å²) in [5, 5.41) is 2.67. The van der Waals surface area contributed by atoms with E-state index in [0.717, 1.165) is 21.8 Å². The number of hydrogen-bond donors (Lipinski definition) is 1. The number of aromatic nitrogens is 2. The molecular weight excluding hydrogens is 270 g/mol. The summed E-state index contributed by atoms with van der Waals surface area (Å²) in [5.41, 5.74) is 7.71. The summed E-state index contributed by atoms with van der Waals surface area (Å²) in [4.78, 5) is 5.09. The molecule has 0 aliphatic rings. The predicted octanol–water partition coefficient (Wildman–Crippen LogP) is 3.31. The third-order valence-corrected chi connectivity index (χ3v) is 3.83. The minimum Gasteiger partial charge on any atom is -0.496 e. The van der Waals surface area contributed by atoms with Crippen LogP contribution in [0.5, 0.6) is 5.75 Å². The van der Waals surface area contributed by atoms with Gasteiger partial charge >= 0.3 is 0 Å². The maximum Gasteiger partial charge on any atom is 0.206 e. The van der Waals surface area contributed by atoms with Gasteiger partial charge in [0, 0.05) is 16.0 Å². The third-order valence-electron chi connectivity index (χ3n) is 2.73. The Kier molecular flexibility index (Phi) is 2.65. The van der Waals surface area contributed by atoms with Crippen molar-refractivity contribution in [3.8, 4) is 17.0 Å². The Balaban J connectivity index is 2.31. The van der Waals surface area contributed by atoms with Gasteiger partial charge in [-0.1, -0.05) is 11.6 Å². The number of ether oxygens (including phenoxy) is 1. The van der Waals surface area contributed by atoms with Gasteiger partial charge in [0.2, 0.25) is 5.95 Å². The second-order valence-electron chi connectivity index (χ2n) is 3.76. The van der Waals surface area contributed by atoms with E-state index in [1.165, 1.54) is 0 Å². The maximum atomic E-state index is 6.05. The van der Waals surface area contributed by atoms with Crippen molar-refractivity contribution < 1.29 is 4.74 Å². The number of nitrogens with two attached hydrogens (primary N) is 1. The molecule has 3 rings (SSSR count). The highest BCUT2D eigenvalue weighted by atomic mass is 35.5. The molecule has 3 aromatic rings. The molecule has 0 spiro atoms. The summed E-state index contributed by atoms with van der Waals surface area (Å²) in [6.45, 7) is 0. The average molecular weight is 280 g/mol. The summed E-state index contributed by atoms with van der Waals surface area (Å²) < 4.78 is 7.25. The van der Waals surface area contributed by atoms with Crippen LogP contribution in [0.3, 0.4) is 0 Å². The topological polar surface area (TPSA) is 52.5 Å². The normalized spacial score (nSPS) is 11.0. The number of anilines is 1. The molecule has 0 radical (unpaired) electrons. The first-order chi connectivity index (χ1) is 8.70. The van der Waals surface area contributed by atoms with Crippen LogP contribution in [0, 0.1) is 0 Å². The Morgan fingerprint density at radius 2 is 2.28 bits per heavy atom. The van der Waals surface area contributed by atoms with Crippen molar-refractivity contribution >= 4 is 33.7 Å². The number of nitrogen functional groups attached to an aromatic ring is 1. The van der Waals surface area contributed by atoms with Crippen LogP contribution in [0.4, 0.5) is 5.95 Å². The molecule has 18 heavy (non-hydrogen) atoms.